The Hall–Kier alpha value is -2.40. The van der Waals surface area contributed by atoms with Gasteiger partial charge in [-0.1, -0.05) is 17.7 Å². The molecule has 1 N–H and O–H groups in total. The van der Waals surface area contributed by atoms with Crippen LogP contribution in [0.25, 0.3) is 10.1 Å². The summed E-state index contributed by atoms with van der Waals surface area (Å²) in [4.78, 5) is 19.5. The number of thiophene rings is 1. The molecule has 3 aromatic rings. The second-order valence-electron chi connectivity index (χ2n) is 6.61. The predicted octanol–water partition coefficient (Wildman–Crippen LogP) is 4.46. The topological polar surface area (TPSA) is 45.2 Å². The first-order valence-electron chi connectivity index (χ1n) is 8.65. The molecule has 0 spiro atoms. The minimum atomic E-state index is -0.00857. The number of piperidine rings is 1. The maximum atomic E-state index is 12.7. The highest BCUT2D eigenvalue weighted by Crippen LogP contribution is 2.31. The number of benzene rings is 1. The normalized spacial score (nSPS) is 17.6. The molecule has 0 aliphatic carbocycles. The van der Waals surface area contributed by atoms with Gasteiger partial charge in [0.2, 0.25) is 5.91 Å². The van der Waals surface area contributed by atoms with Gasteiger partial charge in [0.05, 0.1) is 5.92 Å². The highest BCUT2D eigenvalue weighted by molar-refractivity contribution is 7.17. The monoisotopic (exact) mass is 351 g/mol. The van der Waals surface area contributed by atoms with Crippen LogP contribution in [0.4, 0.5) is 11.5 Å². The van der Waals surface area contributed by atoms with Crippen LogP contribution in [0, 0.1) is 12.8 Å². The van der Waals surface area contributed by atoms with Crippen LogP contribution >= 0.6 is 11.3 Å². The first-order valence-corrected chi connectivity index (χ1v) is 9.53. The number of carbonyl (C=O) groups excluding carboxylic acids is 1. The molecule has 0 saturated carbocycles. The predicted molar refractivity (Wildman–Crippen MR) is 104 cm³/mol. The van der Waals surface area contributed by atoms with Gasteiger partial charge in [-0.15, -0.1) is 11.3 Å². The average Bonchev–Trinajstić information content (AvgIpc) is 3.12. The molecule has 0 unspecified atom stereocenters. The number of fused-ring (bicyclic) bond motifs is 1. The Labute approximate surface area is 151 Å². The van der Waals surface area contributed by atoms with E-state index in [0.717, 1.165) is 37.4 Å². The molecule has 2 aromatic heterocycles. The molecule has 25 heavy (non-hydrogen) atoms. The van der Waals surface area contributed by atoms with Crippen molar-refractivity contribution in [3.8, 4) is 0 Å². The summed E-state index contributed by atoms with van der Waals surface area (Å²) in [6.45, 7) is 3.72. The molecule has 1 atom stereocenters. The molecular formula is C20H21N3OS. The summed E-state index contributed by atoms with van der Waals surface area (Å²) >= 11 is 1.73. The van der Waals surface area contributed by atoms with Crippen LogP contribution in [-0.4, -0.2) is 24.0 Å². The molecule has 1 aliphatic heterocycles. The van der Waals surface area contributed by atoms with E-state index in [1.54, 1.807) is 11.3 Å². The molecular weight excluding hydrogens is 330 g/mol. The van der Waals surface area contributed by atoms with Crippen molar-refractivity contribution >= 4 is 38.8 Å². The molecule has 1 aromatic carbocycles. The maximum Gasteiger partial charge on any atom is 0.229 e. The van der Waals surface area contributed by atoms with Gasteiger partial charge in [-0.25, -0.2) is 4.98 Å². The van der Waals surface area contributed by atoms with Gasteiger partial charge < -0.3 is 10.2 Å². The zero-order valence-electron chi connectivity index (χ0n) is 14.2. The van der Waals surface area contributed by atoms with Gasteiger partial charge in [-0.05, 0) is 49.4 Å². The van der Waals surface area contributed by atoms with Crippen molar-refractivity contribution in [2.75, 3.05) is 23.3 Å². The van der Waals surface area contributed by atoms with Crippen molar-refractivity contribution < 1.29 is 4.79 Å². The summed E-state index contributed by atoms with van der Waals surface area (Å²) in [7, 11) is 0. The van der Waals surface area contributed by atoms with Crippen molar-refractivity contribution in [3.63, 3.8) is 0 Å². The zero-order chi connectivity index (χ0) is 17.2. The van der Waals surface area contributed by atoms with Crippen molar-refractivity contribution in [1.82, 2.24) is 4.98 Å². The third-order valence-corrected chi connectivity index (χ3v) is 5.65. The van der Waals surface area contributed by atoms with Crippen molar-refractivity contribution in [1.29, 1.82) is 0 Å². The number of pyridine rings is 1. The fourth-order valence-electron chi connectivity index (χ4n) is 3.40. The number of hydrogen-bond acceptors (Lipinski definition) is 4. The van der Waals surface area contributed by atoms with Crippen LogP contribution in [-0.2, 0) is 4.79 Å². The lowest BCUT2D eigenvalue weighted by Crippen LogP contribution is -2.41. The van der Waals surface area contributed by atoms with E-state index in [4.69, 9.17) is 0 Å². The van der Waals surface area contributed by atoms with Gasteiger partial charge in [0.1, 0.15) is 5.82 Å². The zero-order valence-corrected chi connectivity index (χ0v) is 15.1. The van der Waals surface area contributed by atoms with Gasteiger partial charge in [0, 0.05) is 35.1 Å². The number of hydrogen-bond donors (Lipinski definition) is 1. The molecule has 1 amide bonds. The molecule has 3 heterocycles. The Morgan fingerprint density at radius 2 is 2.08 bits per heavy atom. The minimum absolute atomic E-state index is 0.00857. The number of anilines is 2. The van der Waals surface area contributed by atoms with E-state index < -0.39 is 0 Å². The molecule has 1 aliphatic rings. The highest BCUT2D eigenvalue weighted by Gasteiger charge is 2.27. The summed E-state index contributed by atoms with van der Waals surface area (Å²) in [6.07, 6.45) is 3.80. The van der Waals surface area contributed by atoms with Crippen LogP contribution in [0.2, 0.25) is 0 Å². The van der Waals surface area contributed by atoms with Crippen LogP contribution in [0.15, 0.2) is 48.0 Å². The van der Waals surface area contributed by atoms with E-state index in [2.05, 4.69) is 32.7 Å². The first-order chi connectivity index (χ1) is 12.2. The number of carbonyl (C=O) groups is 1. The molecule has 5 heteroatoms. The number of nitrogens with zero attached hydrogens (tertiary/aromatic N) is 2. The molecule has 4 nitrogen and oxygen atoms in total. The summed E-state index contributed by atoms with van der Waals surface area (Å²) < 4.78 is 1.25. The molecule has 0 radical (unpaired) electrons. The number of nitrogens with one attached hydrogen (secondary N) is 1. The standard InChI is InChI=1S/C20H21N3OS/c1-14-4-6-16(7-5-14)22-20(24)15-3-2-11-23(13-15)19-17-9-12-25-18(17)8-10-21-19/h4-10,12,15H,2-3,11,13H2,1H3,(H,22,24)/t15-/m0/s1. The lowest BCUT2D eigenvalue weighted by Gasteiger charge is -2.33. The summed E-state index contributed by atoms with van der Waals surface area (Å²) in [5.41, 5.74) is 2.06. The smallest absolute Gasteiger partial charge is 0.229 e. The van der Waals surface area contributed by atoms with Crippen molar-refractivity contribution in [2.45, 2.75) is 19.8 Å². The third kappa shape index (κ3) is 3.37. The van der Waals surface area contributed by atoms with E-state index in [0.29, 0.717) is 0 Å². The maximum absolute atomic E-state index is 12.7. The average molecular weight is 351 g/mol. The van der Waals surface area contributed by atoms with Crippen LogP contribution < -0.4 is 10.2 Å². The highest BCUT2D eigenvalue weighted by atomic mass is 32.1. The van der Waals surface area contributed by atoms with Gasteiger partial charge in [-0.3, -0.25) is 4.79 Å². The second-order valence-corrected chi connectivity index (χ2v) is 7.56. The minimum Gasteiger partial charge on any atom is -0.355 e. The fourth-order valence-corrected chi connectivity index (χ4v) is 4.17. The lowest BCUT2D eigenvalue weighted by atomic mass is 9.96. The summed E-state index contributed by atoms with van der Waals surface area (Å²) in [5, 5.41) is 6.34. The quantitative estimate of drug-likeness (QED) is 0.758. The first kappa shape index (κ1) is 16.1. The molecule has 1 fully saturated rings. The van der Waals surface area contributed by atoms with E-state index in [1.165, 1.54) is 15.6 Å². The third-order valence-electron chi connectivity index (χ3n) is 4.77. The van der Waals surface area contributed by atoms with Gasteiger partial charge in [0.25, 0.3) is 0 Å². The Bertz CT molecular complexity index is 887. The fraction of sp³-hybridized carbons (Fsp3) is 0.300. The van der Waals surface area contributed by atoms with E-state index in [-0.39, 0.29) is 11.8 Å². The van der Waals surface area contributed by atoms with Crippen molar-refractivity contribution in [2.24, 2.45) is 5.92 Å². The molecule has 0 bridgehead atoms. The Kier molecular flexibility index (Phi) is 4.40. The number of aryl methyl sites for hydroxylation is 1. The Morgan fingerprint density at radius 3 is 2.92 bits per heavy atom. The second kappa shape index (κ2) is 6.84. The summed E-state index contributed by atoms with van der Waals surface area (Å²) in [5.74, 6) is 1.10. The van der Waals surface area contributed by atoms with Crippen LogP contribution in [0.3, 0.4) is 0 Å². The SMILES string of the molecule is Cc1ccc(NC(=O)[C@H]2CCCN(c3nccc4sccc34)C2)cc1. The van der Waals surface area contributed by atoms with Gasteiger partial charge in [-0.2, -0.15) is 0 Å². The Morgan fingerprint density at radius 1 is 1.24 bits per heavy atom. The van der Waals surface area contributed by atoms with Crippen LogP contribution in [0.5, 0.6) is 0 Å². The van der Waals surface area contributed by atoms with Crippen LogP contribution in [0.1, 0.15) is 18.4 Å². The Balaban J connectivity index is 1.50. The largest absolute Gasteiger partial charge is 0.355 e. The number of aromatic nitrogens is 1. The van der Waals surface area contributed by atoms with Crippen molar-refractivity contribution in [3.05, 3.63) is 53.5 Å². The van der Waals surface area contributed by atoms with Gasteiger partial charge in [0.15, 0.2) is 0 Å². The molecule has 1 saturated heterocycles. The van der Waals surface area contributed by atoms with Gasteiger partial charge >= 0.3 is 0 Å². The molecule has 128 valence electrons. The molecule has 4 rings (SSSR count). The lowest BCUT2D eigenvalue weighted by molar-refractivity contribution is -0.120. The van der Waals surface area contributed by atoms with E-state index in [1.807, 2.05) is 37.4 Å². The van der Waals surface area contributed by atoms with E-state index >= 15 is 0 Å². The number of amides is 1. The van der Waals surface area contributed by atoms with E-state index in [9.17, 15) is 4.79 Å². The summed E-state index contributed by atoms with van der Waals surface area (Å²) in [6, 6.07) is 12.1. The number of rotatable bonds is 3.